The predicted octanol–water partition coefficient (Wildman–Crippen LogP) is 0.683. The first kappa shape index (κ1) is 9.48. The highest BCUT2D eigenvalue weighted by Gasteiger charge is 2.01. The Morgan fingerprint density at radius 3 is 3.23 bits per heavy atom. The number of amides is 2. The molecular formula is C7H8N4OS. The average Bonchev–Trinajstić information content (AvgIpc) is 2.57. The lowest BCUT2D eigenvalue weighted by molar-refractivity contribution is 0.252. The Morgan fingerprint density at radius 1 is 1.77 bits per heavy atom. The summed E-state index contributed by atoms with van der Waals surface area (Å²) in [6.45, 7) is 0.467. The second-order valence-electron chi connectivity index (χ2n) is 2.12. The van der Waals surface area contributed by atoms with Crippen LogP contribution in [0.1, 0.15) is 6.42 Å². The van der Waals surface area contributed by atoms with Crippen molar-refractivity contribution in [2.45, 2.75) is 6.42 Å². The number of aromatic nitrogens is 2. The Labute approximate surface area is 79.7 Å². The third-order valence-corrected chi connectivity index (χ3v) is 1.73. The van der Waals surface area contributed by atoms with Gasteiger partial charge in [0.1, 0.15) is 5.00 Å². The fourth-order valence-electron chi connectivity index (χ4n) is 0.627. The van der Waals surface area contributed by atoms with Crippen molar-refractivity contribution in [3.05, 3.63) is 6.20 Å². The van der Waals surface area contributed by atoms with Crippen LogP contribution in [0.4, 0.5) is 9.80 Å². The second kappa shape index (κ2) is 5.11. The van der Waals surface area contributed by atoms with Crippen LogP contribution in [0.2, 0.25) is 0 Å². The van der Waals surface area contributed by atoms with Crippen molar-refractivity contribution in [2.75, 3.05) is 11.9 Å². The van der Waals surface area contributed by atoms with Gasteiger partial charge in [-0.25, -0.2) is 4.79 Å². The number of nitrogens with one attached hydrogen (secondary N) is 2. The van der Waals surface area contributed by atoms with Crippen molar-refractivity contribution in [1.29, 1.82) is 0 Å². The molecule has 0 fully saturated rings. The molecule has 0 aliphatic heterocycles. The Hall–Kier alpha value is -1.61. The Kier molecular flexibility index (Phi) is 3.73. The van der Waals surface area contributed by atoms with Crippen LogP contribution in [0.25, 0.3) is 0 Å². The lowest BCUT2D eigenvalue weighted by Crippen LogP contribution is -2.28. The number of carbonyl (C=O) groups is 1. The lowest BCUT2D eigenvalue weighted by Gasteiger charge is -2.01. The first-order valence-corrected chi connectivity index (χ1v) is 4.36. The van der Waals surface area contributed by atoms with E-state index < -0.39 is 0 Å². The molecule has 68 valence electrons. The summed E-state index contributed by atoms with van der Waals surface area (Å²) in [4.78, 5) is 11.0. The quantitative estimate of drug-likeness (QED) is 0.552. The smallest absolute Gasteiger partial charge is 0.319 e. The monoisotopic (exact) mass is 196 g/mol. The van der Waals surface area contributed by atoms with E-state index >= 15 is 0 Å². The number of anilines is 1. The van der Waals surface area contributed by atoms with E-state index in [1.165, 1.54) is 6.20 Å². The zero-order chi connectivity index (χ0) is 9.52. The van der Waals surface area contributed by atoms with Crippen molar-refractivity contribution in [3.63, 3.8) is 0 Å². The molecule has 0 aliphatic rings. The van der Waals surface area contributed by atoms with E-state index in [0.29, 0.717) is 18.0 Å². The molecule has 2 amide bonds. The van der Waals surface area contributed by atoms with Gasteiger partial charge in [0.2, 0.25) is 0 Å². The number of nitrogens with zero attached hydrogens (tertiary/aromatic N) is 2. The first-order chi connectivity index (χ1) is 6.33. The molecule has 5 nitrogen and oxygen atoms in total. The van der Waals surface area contributed by atoms with Gasteiger partial charge >= 0.3 is 6.03 Å². The van der Waals surface area contributed by atoms with E-state index in [9.17, 15) is 4.79 Å². The van der Waals surface area contributed by atoms with Gasteiger partial charge in [-0.3, -0.25) is 5.32 Å². The molecular weight excluding hydrogens is 188 g/mol. The molecule has 1 heterocycles. The maximum absolute atomic E-state index is 11.0. The summed E-state index contributed by atoms with van der Waals surface area (Å²) in [5.74, 6) is 2.42. The van der Waals surface area contributed by atoms with E-state index in [-0.39, 0.29) is 6.03 Å². The van der Waals surface area contributed by atoms with Gasteiger partial charge in [-0.2, -0.15) is 0 Å². The third kappa shape index (κ3) is 3.53. The maximum atomic E-state index is 11.0. The topological polar surface area (TPSA) is 66.9 Å². The van der Waals surface area contributed by atoms with Crippen molar-refractivity contribution >= 4 is 22.6 Å². The molecule has 0 radical (unpaired) electrons. The number of carbonyl (C=O) groups excluding carboxylic acids is 1. The predicted molar refractivity (Wildman–Crippen MR) is 50.4 cm³/mol. The molecule has 13 heavy (non-hydrogen) atoms. The number of hydrogen-bond acceptors (Lipinski definition) is 4. The zero-order valence-corrected chi connectivity index (χ0v) is 7.60. The van der Waals surface area contributed by atoms with Crippen molar-refractivity contribution < 1.29 is 4.79 Å². The number of hydrogen-bond donors (Lipinski definition) is 2. The lowest BCUT2D eigenvalue weighted by atomic mass is 10.4. The molecule has 0 atom stereocenters. The molecule has 0 saturated heterocycles. The van der Waals surface area contributed by atoms with Gasteiger partial charge in [-0.15, -0.1) is 17.4 Å². The third-order valence-electron chi connectivity index (χ3n) is 1.15. The van der Waals surface area contributed by atoms with Crippen LogP contribution in [0.15, 0.2) is 6.20 Å². The maximum Gasteiger partial charge on any atom is 0.319 e. The molecule has 1 aromatic rings. The summed E-state index contributed by atoms with van der Waals surface area (Å²) in [5, 5.41) is 9.31. The summed E-state index contributed by atoms with van der Waals surface area (Å²) in [6, 6.07) is -0.290. The summed E-state index contributed by atoms with van der Waals surface area (Å²) < 4.78 is 3.59. The van der Waals surface area contributed by atoms with Gasteiger partial charge in [0.05, 0.1) is 6.20 Å². The van der Waals surface area contributed by atoms with Gasteiger partial charge in [0.15, 0.2) is 0 Å². The molecule has 2 N–H and O–H groups in total. The normalized spacial score (nSPS) is 8.85. The fraction of sp³-hybridized carbons (Fsp3) is 0.286. The van der Waals surface area contributed by atoms with Crippen LogP contribution in [0, 0.1) is 12.3 Å². The molecule has 1 aromatic heterocycles. The molecule has 1 rings (SSSR count). The molecule has 0 bridgehead atoms. The summed E-state index contributed by atoms with van der Waals surface area (Å²) in [6.07, 6.45) is 7.01. The minimum Gasteiger partial charge on any atom is -0.337 e. The zero-order valence-electron chi connectivity index (χ0n) is 6.78. The Bertz CT molecular complexity index is 303. The van der Waals surface area contributed by atoms with Crippen LogP contribution in [-0.2, 0) is 0 Å². The van der Waals surface area contributed by atoms with Crippen LogP contribution in [0.3, 0.4) is 0 Å². The van der Waals surface area contributed by atoms with Crippen LogP contribution < -0.4 is 10.6 Å². The largest absolute Gasteiger partial charge is 0.337 e. The van der Waals surface area contributed by atoms with Gasteiger partial charge in [-0.1, -0.05) is 4.49 Å². The SMILES string of the molecule is C#CCCNC(=O)Nc1cnns1. The number of rotatable bonds is 3. The molecule has 0 unspecified atom stereocenters. The van der Waals surface area contributed by atoms with Gasteiger partial charge < -0.3 is 5.32 Å². The highest BCUT2D eigenvalue weighted by molar-refractivity contribution is 7.10. The number of terminal acetylenes is 1. The molecule has 0 spiro atoms. The van der Waals surface area contributed by atoms with Crippen LogP contribution >= 0.6 is 11.5 Å². The van der Waals surface area contributed by atoms with E-state index in [2.05, 4.69) is 26.1 Å². The Morgan fingerprint density at radius 2 is 2.62 bits per heavy atom. The number of urea groups is 1. The van der Waals surface area contributed by atoms with E-state index in [1.807, 2.05) is 0 Å². The van der Waals surface area contributed by atoms with E-state index in [1.54, 1.807) is 0 Å². The average molecular weight is 196 g/mol. The van der Waals surface area contributed by atoms with E-state index in [0.717, 1.165) is 11.5 Å². The van der Waals surface area contributed by atoms with Crippen LogP contribution in [-0.4, -0.2) is 22.2 Å². The fourth-order valence-corrected chi connectivity index (χ4v) is 1.04. The highest BCUT2D eigenvalue weighted by Crippen LogP contribution is 2.07. The second-order valence-corrected chi connectivity index (χ2v) is 2.90. The van der Waals surface area contributed by atoms with Crippen molar-refractivity contribution in [2.24, 2.45) is 0 Å². The van der Waals surface area contributed by atoms with Gasteiger partial charge in [-0.05, 0) is 0 Å². The molecule has 0 aromatic carbocycles. The molecule has 0 aliphatic carbocycles. The summed E-state index contributed by atoms with van der Waals surface area (Å²) >= 11 is 1.12. The minimum absolute atomic E-state index is 0.290. The molecule has 0 saturated carbocycles. The van der Waals surface area contributed by atoms with Crippen LogP contribution in [0.5, 0.6) is 0 Å². The van der Waals surface area contributed by atoms with Gasteiger partial charge in [0, 0.05) is 24.5 Å². The minimum atomic E-state index is -0.290. The summed E-state index contributed by atoms with van der Waals surface area (Å²) in [7, 11) is 0. The van der Waals surface area contributed by atoms with Gasteiger partial charge in [0.25, 0.3) is 0 Å². The van der Waals surface area contributed by atoms with Crippen molar-refractivity contribution in [1.82, 2.24) is 14.9 Å². The first-order valence-electron chi connectivity index (χ1n) is 3.58. The summed E-state index contributed by atoms with van der Waals surface area (Å²) in [5.41, 5.74) is 0. The Balaban J connectivity index is 2.23. The standard InChI is InChI=1S/C7H8N4OS/c1-2-3-4-8-7(12)10-6-5-9-11-13-6/h1,5H,3-4H2,(H2,8,10,12). The molecule has 6 heteroatoms. The highest BCUT2D eigenvalue weighted by atomic mass is 32.1. The van der Waals surface area contributed by atoms with Crippen molar-refractivity contribution in [3.8, 4) is 12.3 Å². The van der Waals surface area contributed by atoms with E-state index in [4.69, 9.17) is 6.42 Å².